The molecule has 0 aliphatic carbocycles. The molecule has 0 bridgehead atoms. The third-order valence-electron chi connectivity index (χ3n) is 10.0. The fraction of sp³-hybridized carbons (Fsp3) is 0.735. The molecule has 0 aromatic heterocycles. The molecule has 0 fully saturated rings. The van der Waals surface area contributed by atoms with E-state index in [0.29, 0.717) is 38.6 Å². The number of nitrogens with two attached hydrogens (primary N) is 1. The number of amides is 1. The molecule has 322 valence electrons. The van der Waals surface area contributed by atoms with Crippen LogP contribution in [0, 0.1) is 0 Å². The molecule has 0 rings (SSSR count). The number of carbonyl (C=O) groups is 3. The zero-order valence-electron chi connectivity index (χ0n) is 36.2. The van der Waals surface area contributed by atoms with Gasteiger partial charge in [-0.2, -0.15) is 0 Å². The van der Waals surface area contributed by atoms with Crippen LogP contribution in [0.4, 0.5) is 0 Å². The first-order valence-electron chi connectivity index (χ1n) is 23.1. The summed E-state index contributed by atoms with van der Waals surface area (Å²) in [5.74, 6) is -1.36. The Bertz CT molecular complexity index is 1060. The van der Waals surface area contributed by atoms with E-state index < -0.39 is 12.0 Å². The molecule has 0 saturated carbocycles. The summed E-state index contributed by atoms with van der Waals surface area (Å²) in [6, 6.07) is -0.877. The summed E-state index contributed by atoms with van der Waals surface area (Å²) < 4.78 is 5.91. The maximum Gasteiger partial charge on any atom is 0.326 e. The van der Waals surface area contributed by atoms with Crippen LogP contribution in [0.25, 0.3) is 0 Å². The predicted molar refractivity (Wildman–Crippen MR) is 239 cm³/mol. The van der Waals surface area contributed by atoms with Crippen molar-refractivity contribution < 1.29 is 24.2 Å². The maximum absolute atomic E-state index is 12.7. The van der Waals surface area contributed by atoms with Crippen molar-refractivity contribution >= 4 is 17.8 Å². The highest BCUT2D eigenvalue weighted by atomic mass is 16.5. The lowest BCUT2D eigenvalue weighted by Gasteiger charge is -2.15. The minimum atomic E-state index is -1.02. The van der Waals surface area contributed by atoms with E-state index in [0.717, 1.165) is 64.2 Å². The molecule has 1 amide bonds. The van der Waals surface area contributed by atoms with Gasteiger partial charge >= 0.3 is 11.9 Å². The lowest BCUT2D eigenvalue weighted by Crippen LogP contribution is -2.40. The van der Waals surface area contributed by atoms with Crippen molar-refractivity contribution in [3.05, 3.63) is 60.8 Å². The Morgan fingerprint density at radius 2 is 0.982 bits per heavy atom. The Kier molecular flexibility index (Phi) is 40.9. The van der Waals surface area contributed by atoms with E-state index in [-0.39, 0.29) is 18.0 Å². The van der Waals surface area contributed by atoms with E-state index in [1.807, 2.05) is 6.08 Å². The molecule has 4 N–H and O–H groups in total. The third kappa shape index (κ3) is 39.3. The highest BCUT2D eigenvalue weighted by molar-refractivity contribution is 5.83. The molecular formula is C49H86N2O5. The lowest BCUT2D eigenvalue weighted by molar-refractivity contribution is -0.147. The SMILES string of the molecule is CCCCC/C=C\C/C=C\C(CCCCCCC(=O)NC(CCCN)C(=O)O)OC(=O)CCCCCCCCCC/C=C\C/C=C\C/C=C\CCCCCCC. The Morgan fingerprint density at radius 3 is 1.54 bits per heavy atom. The number of aliphatic carboxylic acids is 1. The molecule has 0 spiro atoms. The van der Waals surface area contributed by atoms with Crippen LogP contribution in [-0.2, 0) is 19.1 Å². The molecule has 2 atom stereocenters. The second kappa shape index (κ2) is 43.2. The van der Waals surface area contributed by atoms with Crippen LogP contribution >= 0.6 is 0 Å². The van der Waals surface area contributed by atoms with E-state index in [2.05, 4.69) is 73.8 Å². The number of carboxylic acids is 1. The zero-order chi connectivity index (χ0) is 41.0. The van der Waals surface area contributed by atoms with Gasteiger partial charge in [0.05, 0.1) is 0 Å². The summed E-state index contributed by atoms with van der Waals surface area (Å²) in [5.41, 5.74) is 5.48. The molecule has 0 aromatic carbocycles. The van der Waals surface area contributed by atoms with Gasteiger partial charge in [0, 0.05) is 12.8 Å². The van der Waals surface area contributed by atoms with Gasteiger partial charge in [-0.05, 0) is 109 Å². The number of carbonyl (C=O) groups excluding carboxylic acids is 2. The van der Waals surface area contributed by atoms with Crippen LogP contribution in [-0.4, -0.2) is 41.6 Å². The standard InChI is InChI=1S/C49H86N2O5/c1-3-5-7-9-11-13-14-15-16-17-18-19-20-21-22-23-24-25-26-27-29-31-37-43-48(53)56-45(39-34-30-28-12-10-8-6-4-2)40-35-32-33-36-42-47(52)51-46(49(54)55)41-38-44-50/h12,14-15,17-18,20-21,28,34,39,45-46H,3-11,13,16,19,22-27,29-33,35-38,40-44,50H2,1-2H3,(H,51,52)(H,54,55)/b15-14-,18-17-,21-20-,28-12-,39-34-. The van der Waals surface area contributed by atoms with Crippen molar-refractivity contribution in [1.29, 1.82) is 0 Å². The van der Waals surface area contributed by atoms with Gasteiger partial charge < -0.3 is 20.9 Å². The molecule has 0 aliphatic rings. The van der Waals surface area contributed by atoms with Crippen molar-refractivity contribution in [3.8, 4) is 0 Å². The van der Waals surface area contributed by atoms with E-state index in [4.69, 9.17) is 10.5 Å². The maximum atomic E-state index is 12.7. The number of hydrogen-bond acceptors (Lipinski definition) is 5. The van der Waals surface area contributed by atoms with E-state index in [9.17, 15) is 19.5 Å². The molecule has 0 heterocycles. The number of rotatable bonds is 41. The molecule has 0 saturated heterocycles. The first-order chi connectivity index (χ1) is 27.4. The zero-order valence-corrected chi connectivity index (χ0v) is 36.2. The number of esters is 1. The lowest BCUT2D eigenvalue weighted by atomic mass is 10.1. The highest BCUT2D eigenvalue weighted by Gasteiger charge is 2.19. The summed E-state index contributed by atoms with van der Waals surface area (Å²) in [6.45, 7) is 4.88. The monoisotopic (exact) mass is 783 g/mol. The molecule has 56 heavy (non-hydrogen) atoms. The van der Waals surface area contributed by atoms with Crippen molar-refractivity contribution in [2.24, 2.45) is 5.73 Å². The molecule has 2 unspecified atom stereocenters. The van der Waals surface area contributed by atoms with Crippen LogP contribution in [0.5, 0.6) is 0 Å². The molecule has 7 heteroatoms. The van der Waals surface area contributed by atoms with Crippen molar-refractivity contribution in [1.82, 2.24) is 5.32 Å². The summed E-state index contributed by atoms with van der Waals surface area (Å²) in [4.78, 5) is 36.4. The van der Waals surface area contributed by atoms with Crippen LogP contribution in [0.3, 0.4) is 0 Å². The van der Waals surface area contributed by atoms with Crippen molar-refractivity contribution in [2.45, 2.75) is 225 Å². The second-order valence-corrected chi connectivity index (χ2v) is 15.5. The fourth-order valence-electron chi connectivity index (χ4n) is 6.52. The second-order valence-electron chi connectivity index (χ2n) is 15.5. The summed E-state index contributed by atoms with van der Waals surface area (Å²) in [7, 11) is 0. The number of nitrogens with one attached hydrogen (secondary N) is 1. The first kappa shape index (κ1) is 53.1. The quantitative estimate of drug-likeness (QED) is 0.0323. The van der Waals surface area contributed by atoms with Crippen molar-refractivity contribution in [2.75, 3.05) is 6.54 Å². The smallest absolute Gasteiger partial charge is 0.326 e. The Morgan fingerprint density at radius 1 is 0.536 bits per heavy atom. The van der Waals surface area contributed by atoms with E-state index >= 15 is 0 Å². The van der Waals surface area contributed by atoms with Gasteiger partial charge in [-0.25, -0.2) is 4.79 Å². The Hall–Kier alpha value is -2.93. The van der Waals surface area contributed by atoms with Crippen LogP contribution in [0.2, 0.25) is 0 Å². The Labute approximate surface area is 344 Å². The third-order valence-corrected chi connectivity index (χ3v) is 10.0. The van der Waals surface area contributed by atoms with Crippen LogP contribution in [0.15, 0.2) is 60.8 Å². The number of allylic oxidation sites excluding steroid dienone is 9. The molecule has 0 radical (unpaired) electrons. The summed E-state index contributed by atoms with van der Waals surface area (Å²) in [5, 5.41) is 11.9. The van der Waals surface area contributed by atoms with Crippen LogP contribution < -0.4 is 11.1 Å². The van der Waals surface area contributed by atoms with Crippen LogP contribution in [0.1, 0.15) is 213 Å². The van der Waals surface area contributed by atoms with E-state index in [1.54, 1.807) is 0 Å². The number of unbranched alkanes of at least 4 members (excludes halogenated alkanes) is 19. The minimum Gasteiger partial charge on any atom is -0.480 e. The average Bonchev–Trinajstić information content (AvgIpc) is 3.18. The van der Waals surface area contributed by atoms with Gasteiger partial charge in [0.25, 0.3) is 0 Å². The Balaban J connectivity index is 4.18. The molecular weight excluding hydrogens is 697 g/mol. The van der Waals surface area contributed by atoms with Crippen molar-refractivity contribution in [3.63, 3.8) is 0 Å². The van der Waals surface area contributed by atoms with Gasteiger partial charge in [0.2, 0.25) is 5.91 Å². The number of carboxylic acid groups (broad SMARTS) is 1. The minimum absolute atomic E-state index is 0.113. The van der Waals surface area contributed by atoms with Gasteiger partial charge in [0.1, 0.15) is 12.1 Å². The normalized spacial score (nSPS) is 13.2. The highest BCUT2D eigenvalue weighted by Crippen LogP contribution is 2.15. The average molecular weight is 783 g/mol. The number of ether oxygens (including phenoxy) is 1. The van der Waals surface area contributed by atoms with Gasteiger partial charge in [-0.15, -0.1) is 0 Å². The molecule has 7 nitrogen and oxygen atoms in total. The first-order valence-corrected chi connectivity index (χ1v) is 23.1. The summed E-state index contributed by atoms with van der Waals surface area (Å²) in [6.07, 6.45) is 54.3. The summed E-state index contributed by atoms with van der Waals surface area (Å²) >= 11 is 0. The number of hydrogen-bond donors (Lipinski definition) is 3. The van der Waals surface area contributed by atoms with E-state index in [1.165, 1.54) is 103 Å². The van der Waals surface area contributed by atoms with Gasteiger partial charge in [-0.3, -0.25) is 9.59 Å². The predicted octanol–water partition coefficient (Wildman–Crippen LogP) is 13.3. The van der Waals surface area contributed by atoms with Gasteiger partial charge in [-0.1, -0.05) is 158 Å². The molecule has 0 aliphatic heterocycles. The molecule has 0 aromatic rings. The largest absolute Gasteiger partial charge is 0.480 e. The fourth-order valence-corrected chi connectivity index (χ4v) is 6.52. The topological polar surface area (TPSA) is 119 Å². The van der Waals surface area contributed by atoms with Gasteiger partial charge in [0.15, 0.2) is 0 Å².